The van der Waals surface area contributed by atoms with Gasteiger partial charge in [-0.2, -0.15) is 0 Å². The van der Waals surface area contributed by atoms with Gasteiger partial charge in [0.2, 0.25) is 0 Å². The lowest BCUT2D eigenvalue weighted by Crippen LogP contribution is -1.85. The summed E-state index contributed by atoms with van der Waals surface area (Å²) in [5, 5.41) is 8.83. The third kappa shape index (κ3) is 0.894. The largest absolute Gasteiger partial charge is 0.366 e. The van der Waals surface area contributed by atoms with Gasteiger partial charge in [-0.15, -0.1) is 0 Å². The maximum atomic E-state index is 8.83. The van der Waals surface area contributed by atoms with Gasteiger partial charge in [0.1, 0.15) is 6.10 Å². The minimum Gasteiger partial charge on any atom is -0.366 e. The minimum absolute atomic E-state index is 0.131. The fourth-order valence-electron chi connectivity index (χ4n) is 0.892. The molecule has 0 saturated carbocycles. The molecule has 1 aromatic heterocycles. The Morgan fingerprint density at radius 2 is 2.40 bits per heavy atom. The van der Waals surface area contributed by atoms with E-state index in [9.17, 15) is 0 Å². The average Bonchev–Trinajstić information content (AvgIpc) is 2.69. The molecule has 2 heterocycles. The number of rotatable bonds is 1. The molecule has 10 heavy (non-hydrogen) atoms. The lowest BCUT2D eigenvalue weighted by molar-refractivity contribution is 0.156. The van der Waals surface area contributed by atoms with Gasteiger partial charge in [-0.25, -0.2) is 0 Å². The molecule has 2 rings (SSSR count). The van der Waals surface area contributed by atoms with Crippen molar-refractivity contribution >= 4 is 0 Å². The van der Waals surface area contributed by atoms with Crippen LogP contribution in [-0.2, 0) is 4.74 Å². The molecule has 2 unspecified atom stereocenters. The van der Waals surface area contributed by atoms with E-state index in [1.807, 2.05) is 12.1 Å². The van der Waals surface area contributed by atoms with E-state index in [0.29, 0.717) is 0 Å². The Labute approximate surface area is 58.3 Å². The number of aliphatic hydroxyl groups excluding tert-OH is 1. The zero-order chi connectivity index (χ0) is 6.97. The fraction of sp³-hybridized carbons (Fsp3) is 0.286. The van der Waals surface area contributed by atoms with Crippen molar-refractivity contribution in [2.75, 3.05) is 0 Å². The molecule has 0 spiro atoms. The number of nitrogens with zero attached hydrogens (tertiary/aromatic N) is 1. The van der Waals surface area contributed by atoms with E-state index in [1.54, 1.807) is 12.4 Å². The summed E-state index contributed by atoms with van der Waals surface area (Å²) in [6.07, 6.45) is 2.65. The molecule has 1 fully saturated rings. The lowest BCUT2D eigenvalue weighted by Gasteiger charge is -1.89. The third-order valence-corrected chi connectivity index (χ3v) is 1.48. The highest BCUT2D eigenvalue weighted by molar-refractivity contribution is 5.16. The fourth-order valence-corrected chi connectivity index (χ4v) is 0.892. The standard InChI is InChI=1S/C7H7NO2/c9-7-6(10-7)5-2-1-3-8-4-5/h1-4,6-7,9H. The second kappa shape index (κ2) is 2.04. The quantitative estimate of drug-likeness (QED) is 0.572. The molecule has 1 saturated heterocycles. The van der Waals surface area contributed by atoms with Crippen molar-refractivity contribution in [3.63, 3.8) is 0 Å². The molecule has 0 bridgehead atoms. The molecule has 3 heteroatoms. The molecular weight excluding hydrogens is 130 g/mol. The van der Waals surface area contributed by atoms with E-state index in [-0.39, 0.29) is 6.10 Å². The van der Waals surface area contributed by atoms with E-state index < -0.39 is 6.29 Å². The molecule has 0 amide bonds. The van der Waals surface area contributed by atoms with Crippen LogP contribution in [0.25, 0.3) is 0 Å². The highest BCUT2D eigenvalue weighted by Gasteiger charge is 2.38. The summed E-state index contributed by atoms with van der Waals surface area (Å²) in [5.74, 6) is 0. The third-order valence-electron chi connectivity index (χ3n) is 1.48. The maximum Gasteiger partial charge on any atom is 0.186 e. The Hall–Kier alpha value is -0.930. The monoisotopic (exact) mass is 137 g/mol. The first kappa shape index (κ1) is 5.82. The topological polar surface area (TPSA) is 45.6 Å². The average molecular weight is 137 g/mol. The number of hydrogen-bond donors (Lipinski definition) is 1. The zero-order valence-electron chi connectivity index (χ0n) is 5.27. The van der Waals surface area contributed by atoms with Gasteiger partial charge in [-0.1, -0.05) is 6.07 Å². The minimum atomic E-state index is -0.607. The molecule has 1 aliphatic heterocycles. The predicted octanol–water partition coefficient (Wildman–Crippen LogP) is 0.471. The summed E-state index contributed by atoms with van der Waals surface area (Å²) in [6, 6.07) is 3.71. The van der Waals surface area contributed by atoms with Crippen LogP contribution in [0.5, 0.6) is 0 Å². The van der Waals surface area contributed by atoms with Gasteiger partial charge in [0.05, 0.1) is 0 Å². The van der Waals surface area contributed by atoms with Crippen LogP contribution in [0.15, 0.2) is 24.5 Å². The number of hydrogen-bond acceptors (Lipinski definition) is 3. The first-order valence-corrected chi connectivity index (χ1v) is 3.11. The van der Waals surface area contributed by atoms with Crippen LogP contribution in [0.2, 0.25) is 0 Å². The molecule has 0 aromatic carbocycles. The highest BCUT2D eigenvalue weighted by Crippen LogP contribution is 2.35. The van der Waals surface area contributed by atoms with Crippen LogP contribution in [-0.4, -0.2) is 16.4 Å². The van der Waals surface area contributed by atoms with Crippen LogP contribution < -0.4 is 0 Å². The van der Waals surface area contributed by atoms with Gasteiger partial charge in [0.15, 0.2) is 6.29 Å². The van der Waals surface area contributed by atoms with E-state index in [0.717, 1.165) is 5.56 Å². The molecule has 1 aromatic rings. The van der Waals surface area contributed by atoms with E-state index in [4.69, 9.17) is 9.84 Å². The van der Waals surface area contributed by atoms with Crippen molar-refractivity contribution in [1.82, 2.24) is 4.98 Å². The SMILES string of the molecule is OC1OC1c1cccnc1. The molecule has 3 nitrogen and oxygen atoms in total. The summed E-state index contributed by atoms with van der Waals surface area (Å²) in [7, 11) is 0. The van der Waals surface area contributed by atoms with E-state index in [1.165, 1.54) is 0 Å². The van der Waals surface area contributed by atoms with Crippen molar-refractivity contribution in [2.45, 2.75) is 12.4 Å². The second-order valence-corrected chi connectivity index (χ2v) is 2.23. The molecule has 1 N–H and O–H groups in total. The van der Waals surface area contributed by atoms with Crippen molar-refractivity contribution in [2.24, 2.45) is 0 Å². The molecule has 2 atom stereocenters. The highest BCUT2D eigenvalue weighted by atomic mass is 16.7. The van der Waals surface area contributed by atoms with Gasteiger partial charge in [-0.05, 0) is 6.07 Å². The summed E-state index contributed by atoms with van der Waals surface area (Å²) in [5.41, 5.74) is 0.940. The lowest BCUT2D eigenvalue weighted by atomic mass is 10.2. The first-order chi connectivity index (χ1) is 4.88. The van der Waals surface area contributed by atoms with Gasteiger partial charge in [0.25, 0.3) is 0 Å². The smallest absolute Gasteiger partial charge is 0.186 e. The number of ether oxygens (including phenoxy) is 1. The predicted molar refractivity (Wildman–Crippen MR) is 34.1 cm³/mol. The van der Waals surface area contributed by atoms with Gasteiger partial charge in [0, 0.05) is 18.0 Å². The first-order valence-electron chi connectivity index (χ1n) is 3.11. The van der Waals surface area contributed by atoms with Crippen LogP contribution in [0, 0.1) is 0 Å². The van der Waals surface area contributed by atoms with Crippen molar-refractivity contribution in [3.05, 3.63) is 30.1 Å². The zero-order valence-corrected chi connectivity index (χ0v) is 5.27. The van der Waals surface area contributed by atoms with E-state index >= 15 is 0 Å². The van der Waals surface area contributed by atoms with Crippen LogP contribution >= 0.6 is 0 Å². The number of aliphatic hydroxyl groups is 1. The summed E-state index contributed by atoms with van der Waals surface area (Å²) < 4.78 is 4.82. The Balaban J connectivity index is 2.20. The Morgan fingerprint density at radius 3 is 2.90 bits per heavy atom. The van der Waals surface area contributed by atoms with Crippen LogP contribution in [0.1, 0.15) is 11.7 Å². The molecule has 1 aliphatic rings. The van der Waals surface area contributed by atoms with Crippen LogP contribution in [0.3, 0.4) is 0 Å². The number of aromatic nitrogens is 1. The Morgan fingerprint density at radius 1 is 1.60 bits per heavy atom. The number of pyridine rings is 1. The number of epoxide rings is 1. The van der Waals surface area contributed by atoms with Crippen LogP contribution in [0.4, 0.5) is 0 Å². The van der Waals surface area contributed by atoms with Crippen molar-refractivity contribution in [1.29, 1.82) is 0 Å². The summed E-state index contributed by atoms with van der Waals surface area (Å²) in [4.78, 5) is 3.89. The van der Waals surface area contributed by atoms with Gasteiger partial charge >= 0.3 is 0 Å². The maximum absolute atomic E-state index is 8.83. The summed E-state index contributed by atoms with van der Waals surface area (Å²) in [6.45, 7) is 0. The van der Waals surface area contributed by atoms with Crippen molar-refractivity contribution in [3.8, 4) is 0 Å². The molecule has 0 aliphatic carbocycles. The summed E-state index contributed by atoms with van der Waals surface area (Å²) >= 11 is 0. The van der Waals surface area contributed by atoms with Crippen molar-refractivity contribution < 1.29 is 9.84 Å². The molecular formula is C7H7NO2. The van der Waals surface area contributed by atoms with Gasteiger partial charge in [-0.3, -0.25) is 4.98 Å². The molecule has 52 valence electrons. The second-order valence-electron chi connectivity index (χ2n) is 2.23. The normalized spacial score (nSPS) is 30.1. The Kier molecular flexibility index (Phi) is 1.19. The van der Waals surface area contributed by atoms with Gasteiger partial charge < -0.3 is 9.84 Å². The Bertz CT molecular complexity index is 224. The molecule has 0 radical (unpaired) electrons. The van der Waals surface area contributed by atoms with E-state index in [2.05, 4.69) is 4.98 Å².